The van der Waals surface area contributed by atoms with Crippen molar-refractivity contribution in [3.05, 3.63) is 75.2 Å². The Morgan fingerprint density at radius 1 is 0.963 bits per heavy atom. The Balaban J connectivity index is 1.92. The molecule has 1 aromatic heterocycles. The number of para-hydroxylation sites is 1. The lowest BCUT2D eigenvalue weighted by Gasteiger charge is -2.18. The second kappa shape index (κ2) is 6.83. The van der Waals surface area contributed by atoms with Crippen molar-refractivity contribution in [2.75, 3.05) is 13.1 Å². The molecule has 0 unspecified atom stereocenters. The zero-order valence-electron chi connectivity index (χ0n) is 14.6. The predicted molar refractivity (Wildman–Crippen MR) is 99.6 cm³/mol. The minimum atomic E-state index is -0.613. The van der Waals surface area contributed by atoms with Crippen LogP contribution in [0.25, 0.3) is 16.6 Å². The van der Waals surface area contributed by atoms with Gasteiger partial charge in [-0.25, -0.2) is 13.8 Å². The van der Waals surface area contributed by atoms with Crippen LogP contribution in [0.2, 0.25) is 0 Å². The van der Waals surface area contributed by atoms with Crippen molar-refractivity contribution in [2.45, 2.75) is 19.4 Å². The maximum absolute atomic E-state index is 13.3. The van der Waals surface area contributed by atoms with E-state index in [0.29, 0.717) is 24.0 Å². The maximum Gasteiger partial charge on any atom is 0.336 e. The molecule has 0 bridgehead atoms. The SMILES string of the molecule is O=C(Cn1c(=O)n(-c2ccc(F)cc2)c(=O)c2ccccc21)N1CCCC1. The summed E-state index contributed by atoms with van der Waals surface area (Å²) >= 11 is 0. The highest BCUT2D eigenvalue weighted by molar-refractivity contribution is 5.82. The Hall–Kier alpha value is -3.22. The summed E-state index contributed by atoms with van der Waals surface area (Å²) in [6.07, 6.45) is 1.91. The molecule has 1 aliphatic rings. The Bertz CT molecular complexity index is 1130. The molecule has 0 aliphatic carbocycles. The number of likely N-dealkylation sites (tertiary alicyclic amines) is 1. The lowest BCUT2D eigenvalue weighted by molar-refractivity contribution is -0.130. The highest BCUT2D eigenvalue weighted by atomic mass is 19.1. The van der Waals surface area contributed by atoms with E-state index in [1.54, 1.807) is 29.2 Å². The second-order valence-corrected chi connectivity index (χ2v) is 6.59. The number of hydrogen-bond acceptors (Lipinski definition) is 3. The molecule has 0 saturated carbocycles. The van der Waals surface area contributed by atoms with Crippen LogP contribution in [0.3, 0.4) is 0 Å². The molecule has 1 saturated heterocycles. The Morgan fingerprint density at radius 3 is 2.33 bits per heavy atom. The van der Waals surface area contributed by atoms with Gasteiger partial charge >= 0.3 is 5.69 Å². The summed E-state index contributed by atoms with van der Waals surface area (Å²) in [6, 6.07) is 11.8. The highest BCUT2D eigenvalue weighted by Gasteiger charge is 2.21. The summed E-state index contributed by atoms with van der Waals surface area (Å²) in [5.41, 5.74) is -0.428. The van der Waals surface area contributed by atoms with E-state index in [-0.39, 0.29) is 18.1 Å². The summed E-state index contributed by atoms with van der Waals surface area (Å²) in [5, 5.41) is 0.329. The number of aromatic nitrogens is 2. The van der Waals surface area contributed by atoms with E-state index in [1.807, 2.05) is 0 Å². The van der Waals surface area contributed by atoms with Gasteiger partial charge in [0.05, 0.1) is 16.6 Å². The van der Waals surface area contributed by atoms with Gasteiger partial charge in [0.25, 0.3) is 5.56 Å². The third kappa shape index (κ3) is 3.05. The van der Waals surface area contributed by atoms with E-state index < -0.39 is 17.1 Å². The minimum absolute atomic E-state index is 0.138. The van der Waals surface area contributed by atoms with Gasteiger partial charge in [-0.15, -0.1) is 0 Å². The molecular weight excluding hydrogens is 349 g/mol. The Labute approximate surface area is 154 Å². The topological polar surface area (TPSA) is 64.3 Å². The van der Waals surface area contributed by atoms with Gasteiger partial charge in [-0.3, -0.25) is 14.2 Å². The summed E-state index contributed by atoms with van der Waals surface area (Å²) in [6.45, 7) is 1.23. The fourth-order valence-electron chi connectivity index (χ4n) is 3.49. The van der Waals surface area contributed by atoms with Crippen LogP contribution in [0.5, 0.6) is 0 Å². The molecule has 2 heterocycles. The van der Waals surface area contributed by atoms with Crippen LogP contribution in [0, 0.1) is 5.82 Å². The minimum Gasteiger partial charge on any atom is -0.341 e. The van der Waals surface area contributed by atoms with Crippen molar-refractivity contribution in [1.29, 1.82) is 0 Å². The molecule has 0 spiro atoms. The van der Waals surface area contributed by atoms with Crippen molar-refractivity contribution < 1.29 is 9.18 Å². The van der Waals surface area contributed by atoms with Crippen molar-refractivity contribution in [2.24, 2.45) is 0 Å². The van der Waals surface area contributed by atoms with Gasteiger partial charge in [0.1, 0.15) is 12.4 Å². The van der Waals surface area contributed by atoms with Crippen LogP contribution >= 0.6 is 0 Å². The first-order valence-electron chi connectivity index (χ1n) is 8.84. The van der Waals surface area contributed by atoms with Crippen LogP contribution in [0.4, 0.5) is 4.39 Å². The smallest absolute Gasteiger partial charge is 0.336 e. The van der Waals surface area contributed by atoms with Gasteiger partial charge < -0.3 is 4.90 Å². The Morgan fingerprint density at radius 2 is 1.63 bits per heavy atom. The number of nitrogens with zero attached hydrogens (tertiary/aromatic N) is 3. The van der Waals surface area contributed by atoms with Crippen molar-refractivity contribution >= 4 is 16.8 Å². The van der Waals surface area contributed by atoms with Crippen LogP contribution < -0.4 is 11.2 Å². The van der Waals surface area contributed by atoms with Crippen LogP contribution in [-0.4, -0.2) is 33.0 Å². The molecule has 0 atom stereocenters. The quantitative estimate of drug-likeness (QED) is 0.710. The molecule has 0 radical (unpaired) electrons. The van der Waals surface area contributed by atoms with Crippen molar-refractivity contribution in [1.82, 2.24) is 14.0 Å². The van der Waals surface area contributed by atoms with E-state index in [0.717, 1.165) is 17.4 Å². The van der Waals surface area contributed by atoms with E-state index in [9.17, 15) is 18.8 Å². The summed E-state index contributed by atoms with van der Waals surface area (Å²) in [5.74, 6) is -0.610. The monoisotopic (exact) mass is 367 g/mol. The molecule has 1 aliphatic heterocycles. The summed E-state index contributed by atoms with van der Waals surface area (Å²) in [7, 11) is 0. The number of carbonyl (C=O) groups excluding carboxylic acids is 1. The molecule has 6 nitrogen and oxygen atoms in total. The number of rotatable bonds is 3. The van der Waals surface area contributed by atoms with Gasteiger partial charge in [-0.1, -0.05) is 12.1 Å². The van der Waals surface area contributed by atoms with Gasteiger partial charge in [-0.2, -0.15) is 0 Å². The first kappa shape index (κ1) is 17.2. The molecule has 2 aromatic carbocycles. The lowest BCUT2D eigenvalue weighted by atomic mass is 10.2. The third-order valence-corrected chi connectivity index (χ3v) is 4.89. The molecule has 138 valence electrons. The molecule has 3 aromatic rings. The average Bonchev–Trinajstić information content (AvgIpc) is 3.21. The fraction of sp³-hybridized carbons (Fsp3) is 0.250. The summed E-state index contributed by atoms with van der Waals surface area (Å²) in [4.78, 5) is 40.3. The number of amides is 1. The highest BCUT2D eigenvalue weighted by Crippen LogP contribution is 2.13. The standard InChI is InChI=1S/C20H18FN3O3/c21-14-7-9-15(10-8-14)24-19(26)16-5-1-2-6-17(16)23(20(24)27)13-18(25)22-11-3-4-12-22/h1-2,5-10H,3-4,11-13H2. The second-order valence-electron chi connectivity index (χ2n) is 6.59. The average molecular weight is 367 g/mol. The normalized spacial score (nSPS) is 14.0. The molecule has 7 heteroatoms. The largest absolute Gasteiger partial charge is 0.341 e. The molecule has 0 N–H and O–H groups in total. The van der Waals surface area contributed by atoms with E-state index >= 15 is 0 Å². The van der Waals surface area contributed by atoms with Gasteiger partial charge in [0.2, 0.25) is 5.91 Å². The molecule has 4 rings (SSSR count). The van der Waals surface area contributed by atoms with E-state index in [4.69, 9.17) is 0 Å². The zero-order chi connectivity index (χ0) is 19.0. The number of benzene rings is 2. The van der Waals surface area contributed by atoms with Crippen LogP contribution in [-0.2, 0) is 11.3 Å². The maximum atomic E-state index is 13.3. The fourth-order valence-corrected chi connectivity index (χ4v) is 3.49. The molecule has 1 amide bonds. The van der Waals surface area contributed by atoms with Gasteiger partial charge in [0, 0.05) is 13.1 Å². The zero-order valence-corrected chi connectivity index (χ0v) is 14.6. The molecule has 1 fully saturated rings. The summed E-state index contributed by atoms with van der Waals surface area (Å²) < 4.78 is 15.6. The predicted octanol–water partition coefficient (Wildman–Crippen LogP) is 1.91. The lowest BCUT2D eigenvalue weighted by Crippen LogP contribution is -2.42. The van der Waals surface area contributed by atoms with Crippen LogP contribution in [0.1, 0.15) is 12.8 Å². The first-order valence-corrected chi connectivity index (χ1v) is 8.84. The first-order chi connectivity index (χ1) is 13.1. The Kier molecular flexibility index (Phi) is 4.35. The number of halogens is 1. The van der Waals surface area contributed by atoms with E-state index in [1.165, 1.54) is 28.8 Å². The molecular formula is C20H18FN3O3. The van der Waals surface area contributed by atoms with Gasteiger partial charge in [-0.05, 0) is 49.2 Å². The molecule has 27 heavy (non-hydrogen) atoms. The third-order valence-electron chi connectivity index (χ3n) is 4.89. The van der Waals surface area contributed by atoms with Crippen molar-refractivity contribution in [3.8, 4) is 5.69 Å². The number of carbonyl (C=O) groups is 1. The van der Waals surface area contributed by atoms with Gasteiger partial charge in [0.15, 0.2) is 0 Å². The van der Waals surface area contributed by atoms with Crippen LogP contribution in [0.15, 0.2) is 58.1 Å². The number of fused-ring (bicyclic) bond motifs is 1. The number of hydrogen-bond donors (Lipinski definition) is 0. The van der Waals surface area contributed by atoms with Crippen molar-refractivity contribution in [3.63, 3.8) is 0 Å². The van der Waals surface area contributed by atoms with E-state index in [2.05, 4.69) is 0 Å².